The van der Waals surface area contributed by atoms with Gasteiger partial charge in [0, 0.05) is 19.8 Å². The number of rotatable bonds is 6. The van der Waals surface area contributed by atoms with Crippen LogP contribution in [0.15, 0.2) is 0 Å². The van der Waals surface area contributed by atoms with Crippen LogP contribution >= 0.6 is 11.8 Å². The molecule has 0 saturated carbocycles. The first kappa shape index (κ1) is 14.8. The number of hydrogen-bond acceptors (Lipinski definition) is 4. The number of carbonyl (C=O) groups excluding carboxylic acids is 1. The van der Waals surface area contributed by atoms with Crippen molar-refractivity contribution in [2.24, 2.45) is 11.1 Å². The molecule has 1 rings (SSSR count). The van der Waals surface area contributed by atoms with Gasteiger partial charge in [-0.1, -0.05) is 6.92 Å². The Balaban J connectivity index is 2.26. The third-order valence-electron chi connectivity index (χ3n) is 3.36. The van der Waals surface area contributed by atoms with Crippen molar-refractivity contribution in [2.75, 3.05) is 31.8 Å². The first-order valence-electron chi connectivity index (χ1n) is 6.17. The maximum absolute atomic E-state index is 11.8. The Morgan fingerprint density at radius 3 is 2.76 bits per heavy atom. The van der Waals surface area contributed by atoms with Crippen molar-refractivity contribution < 1.29 is 9.53 Å². The van der Waals surface area contributed by atoms with Gasteiger partial charge in [0.1, 0.15) is 0 Å². The molecule has 1 aliphatic rings. The van der Waals surface area contributed by atoms with E-state index >= 15 is 0 Å². The number of nitrogens with two attached hydrogens (primary N) is 1. The summed E-state index contributed by atoms with van der Waals surface area (Å²) in [4.78, 5) is 11.8. The predicted molar refractivity (Wildman–Crippen MR) is 72.1 cm³/mol. The minimum absolute atomic E-state index is 0.0215. The van der Waals surface area contributed by atoms with E-state index in [1.807, 2.05) is 6.26 Å². The average molecular weight is 260 g/mol. The summed E-state index contributed by atoms with van der Waals surface area (Å²) in [5, 5.41) is 2.97. The maximum Gasteiger partial charge on any atom is 0.236 e. The number of thioether (sulfide) groups is 1. The number of hydrogen-bond donors (Lipinski definition) is 2. The summed E-state index contributed by atoms with van der Waals surface area (Å²) in [5.74, 6) is 0.909. The van der Waals surface area contributed by atoms with Crippen LogP contribution in [0, 0.1) is 5.41 Å². The van der Waals surface area contributed by atoms with Gasteiger partial charge in [-0.05, 0) is 36.7 Å². The standard InChI is InChI=1S/C12H24N2O2S/c1-12(4-6-16-7-5-12)9-14-11(15)10(13)3-8-17-2/h10H,3-9,13H2,1-2H3,(H,14,15)/t10-/m1/s1. The third kappa shape index (κ3) is 5.27. The van der Waals surface area contributed by atoms with Crippen molar-refractivity contribution in [3.05, 3.63) is 0 Å². The summed E-state index contributed by atoms with van der Waals surface area (Å²) in [6.45, 7) is 4.50. The Labute approximate surface area is 108 Å². The number of ether oxygens (including phenoxy) is 1. The molecule has 0 spiro atoms. The molecular weight excluding hydrogens is 236 g/mol. The van der Waals surface area contributed by atoms with Gasteiger partial charge in [0.05, 0.1) is 6.04 Å². The molecule has 0 aromatic rings. The number of nitrogens with one attached hydrogen (secondary N) is 1. The minimum Gasteiger partial charge on any atom is -0.381 e. The summed E-state index contributed by atoms with van der Waals surface area (Å²) in [6, 6.07) is -0.370. The molecule has 0 bridgehead atoms. The lowest BCUT2D eigenvalue weighted by Gasteiger charge is -2.33. The van der Waals surface area contributed by atoms with Crippen LogP contribution in [0.3, 0.4) is 0 Å². The molecular formula is C12H24N2O2S. The van der Waals surface area contributed by atoms with Crippen LogP contribution in [0.4, 0.5) is 0 Å². The molecule has 0 aliphatic carbocycles. The Hall–Kier alpha value is -0.260. The smallest absolute Gasteiger partial charge is 0.236 e. The largest absolute Gasteiger partial charge is 0.381 e. The van der Waals surface area contributed by atoms with Gasteiger partial charge in [-0.25, -0.2) is 0 Å². The van der Waals surface area contributed by atoms with Gasteiger partial charge < -0.3 is 15.8 Å². The van der Waals surface area contributed by atoms with Crippen LogP contribution in [0.5, 0.6) is 0 Å². The van der Waals surface area contributed by atoms with Crippen LogP contribution in [-0.2, 0) is 9.53 Å². The molecule has 1 heterocycles. The second-order valence-electron chi connectivity index (χ2n) is 5.03. The topological polar surface area (TPSA) is 64.4 Å². The van der Waals surface area contributed by atoms with Gasteiger partial charge in [-0.2, -0.15) is 11.8 Å². The highest BCUT2D eigenvalue weighted by molar-refractivity contribution is 7.98. The second kappa shape index (κ2) is 7.24. The monoisotopic (exact) mass is 260 g/mol. The number of carbonyl (C=O) groups is 1. The molecule has 1 atom stereocenters. The highest BCUT2D eigenvalue weighted by Gasteiger charge is 2.28. The van der Waals surface area contributed by atoms with Crippen molar-refractivity contribution in [1.29, 1.82) is 0 Å². The van der Waals surface area contributed by atoms with Crippen LogP contribution in [-0.4, -0.2) is 43.7 Å². The van der Waals surface area contributed by atoms with Crippen molar-refractivity contribution in [2.45, 2.75) is 32.2 Å². The summed E-state index contributed by atoms with van der Waals surface area (Å²) in [5.41, 5.74) is 5.99. The fourth-order valence-corrected chi connectivity index (χ4v) is 2.34. The van der Waals surface area contributed by atoms with E-state index in [-0.39, 0.29) is 17.4 Å². The van der Waals surface area contributed by atoms with E-state index in [9.17, 15) is 4.79 Å². The van der Waals surface area contributed by atoms with Crippen molar-refractivity contribution in [1.82, 2.24) is 5.32 Å². The molecule has 5 heteroatoms. The summed E-state index contributed by atoms with van der Waals surface area (Å²) < 4.78 is 5.33. The van der Waals surface area contributed by atoms with Crippen molar-refractivity contribution in [3.63, 3.8) is 0 Å². The van der Waals surface area contributed by atoms with Gasteiger partial charge in [0.2, 0.25) is 5.91 Å². The fourth-order valence-electron chi connectivity index (χ4n) is 1.85. The van der Waals surface area contributed by atoms with Crippen LogP contribution in [0.2, 0.25) is 0 Å². The van der Waals surface area contributed by atoms with Crippen molar-refractivity contribution >= 4 is 17.7 Å². The zero-order valence-corrected chi connectivity index (χ0v) is 11.6. The van der Waals surface area contributed by atoms with Crippen LogP contribution < -0.4 is 11.1 Å². The summed E-state index contributed by atoms with van der Waals surface area (Å²) >= 11 is 1.72. The van der Waals surface area contributed by atoms with E-state index in [1.165, 1.54) is 0 Å². The lowest BCUT2D eigenvalue weighted by atomic mass is 9.82. The summed E-state index contributed by atoms with van der Waals surface area (Å²) in [7, 11) is 0. The quantitative estimate of drug-likeness (QED) is 0.748. The average Bonchev–Trinajstić information content (AvgIpc) is 2.34. The summed E-state index contributed by atoms with van der Waals surface area (Å²) in [6.07, 6.45) is 4.78. The molecule has 4 nitrogen and oxygen atoms in total. The lowest BCUT2D eigenvalue weighted by molar-refractivity contribution is -0.123. The molecule has 1 amide bonds. The van der Waals surface area contributed by atoms with Crippen molar-refractivity contribution in [3.8, 4) is 0 Å². The molecule has 17 heavy (non-hydrogen) atoms. The van der Waals surface area contributed by atoms with Gasteiger partial charge in [-0.15, -0.1) is 0 Å². The molecule has 3 N–H and O–H groups in total. The van der Waals surface area contributed by atoms with E-state index in [0.29, 0.717) is 6.54 Å². The first-order valence-corrected chi connectivity index (χ1v) is 7.57. The molecule has 0 aromatic carbocycles. The minimum atomic E-state index is -0.370. The Morgan fingerprint density at radius 2 is 2.18 bits per heavy atom. The molecule has 100 valence electrons. The molecule has 1 aliphatic heterocycles. The zero-order valence-electron chi connectivity index (χ0n) is 10.8. The van der Waals surface area contributed by atoms with Crippen LogP contribution in [0.1, 0.15) is 26.2 Å². The molecule has 0 unspecified atom stereocenters. The van der Waals surface area contributed by atoms with E-state index < -0.39 is 0 Å². The SMILES string of the molecule is CSCC[C@@H](N)C(=O)NCC1(C)CCOCC1. The third-order valence-corrected chi connectivity index (χ3v) is 4.00. The lowest BCUT2D eigenvalue weighted by Crippen LogP contribution is -2.46. The first-order chi connectivity index (χ1) is 8.07. The number of amides is 1. The maximum atomic E-state index is 11.8. The van der Waals surface area contributed by atoms with E-state index in [1.54, 1.807) is 11.8 Å². The highest BCUT2D eigenvalue weighted by Crippen LogP contribution is 2.28. The molecule has 0 radical (unpaired) electrons. The Morgan fingerprint density at radius 1 is 1.53 bits per heavy atom. The Bertz CT molecular complexity index is 243. The molecule has 1 saturated heterocycles. The van der Waals surface area contributed by atoms with E-state index in [4.69, 9.17) is 10.5 Å². The van der Waals surface area contributed by atoms with E-state index in [2.05, 4.69) is 12.2 Å². The van der Waals surface area contributed by atoms with E-state index in [0.717, 1.165) is 38.2 Å². The zero-order chi connectivity index (χ0) is 12.7. The van der Waals surface area contributed by atoms with Gasteiger partial charge in [0.25, 0.3) is 0 Å². The fraction of sp³-hybridized carbons (Fsp3) is 0.917. The van der Waals surface area contributed by atoms with Gasteiger partial charge in [-0.3, -0.25) is 4.79 Å². The van der Waals surface area contributed by atoms with Crippen LogP contribution in [0.25, 0.3) is 0 Å². The molecule has 1 fully saturated rings. The Kier molecular flexibility index (Phi) is 6.30. The second-order valence-corrected chi connectivity index (χ2v) is 6.01. The predicted octanol–water partition coefficient (Wildman–Crippen LogP) is 1.000. The normalized spacial score (nSPS) is 20.9. The van der Waals surface area contributed by atoms with Gasteiger partial charge >= 0.3 is 0 Å². The highest BCUT2D eigenvalue weighted by atomic mass is 32.2. The molecule has 0 aromatic heterocycles. The van der Waals surface area contributed by atoms with Gasteiger partial charge in [0.15, 0.2) is 0 Å².